The van der Waals surface area contributed by atoms with Crippen LogP contribution in [-0.4, -0.2) is 43.6 Å². The molecule has 4 rings (SSSR count). The summed E-state index contributed by atoms with van der Waals surface area (Å²) in [7, 11) is 1.88. The summed E-state index contributed by atoms with van der Waals surface area (Å²) in [6, 6.07) is 18.9. The monoisotopic (exact) mass is 399 g/mol. The molecule has 0 aliphatic rings. The molecule has 0 saturated heterocycles. The molecule has 3 aromatic heterocycles. The topological polar surface area (TPSA) is 100.0 Å². The Morgan fingerprint density at radius 1 is 0.833 bits per heavy atom. The zero-order valence-electron chi connectivity index (χ0n) is 16.4. The number of hydrogen-bond donors (Lipinski definition) is 2. The van der Waals surface area contributed by atoms with Crippen LogP contribution in [-0.2, 0) is 0 Å². The highest BCUT2D eigenvalue weighted by Crippen LogP contribution is 2.23. The maximum absolute atomic E-state index is 10.3. The van der Waals surface area contributed by atoms with Crippen LogP contribution < -0.4 is 10.2 Å². The zero-order chi connectivity index (χ0) is 20.8. The van der Waals surface area contributed by atoms with Gasteiger partial charge in [-0.05, 0) is 24.3 Å². The molecule has 0 radical (unpaired) electrons. The van der Waals surface area contributed by atoms with E-state index < -0.39 is 6.10 Å². The summed E-state index contributed by atoms with van der Waals surface area (Å²) in [5.41, 5.74) is 1.54. The molecule has 0 spiro atoms. The van der Waals surface area contributed by atoms with E-state index in [1.807, 2.05) is 60.5 Å². The summed E-state index contributed by atoms with van der Waals surface area (Å²) in [6.07, 6.45) is 4.28. The minimum atomic E-state index is -0.758. The number of rotatable bonds is 7. The lowest BCUT2D eigenvalue weighted by molar-refractivity contribution is 0.186. The van der Waals surface area contributed by atoms with Crippen LogP contribution in [0.4, 0.5) is 17.6 Å². The van der Waals surface area contributed by atoms with Crippen molar-refractivity contribution in [1.82, 2.24) is 24.9 Å². The molecule has 1 atom stereocenters. The molecule has 0 unspecified atom stereocenters. The summed E-state index contributed by atoms with van der Waals surface area (Å²) < 4.78 is 0. The minimum absolute atomic E-state index is 0.246. The minimum Gasteiger partial charge on any atom is -0.385 e. The van der Waals surface area contributed by atoms with Gasteiger partial charge in [0.05, 0.1) is 5.69 Å². The number of hydrogen-bond acceptors (Lipinski definition) is 8. The Morgan fingerprint density at radius 3 is 2.33 bits per heavy atom. The van der Waals surface area contributed by atoms with Crippen LogP contribution in [0.15, 0.2) is 79.3 Å². The highest BCUT2D eigenvalue weighted by Gasteiger charge is 2.12. The van der Waals surface area contributed by atoms with Crippen molar-refractivity contribution in [2.75, 3.05) is 23.8 Å². The van der Waals surface area contributed by atoms with Crippen LogP contribution in [0.25, 0.3) is 11.4 Å². The molecule has 0 aliphatic carbocycles. The van der Waals surface area contributed by atoms with Crippen molar-refractivity contribution < 1.29 is 5.11 Å². The van der Waals surface area contributed by atoms with E-state index >= 15 is 0 Å². The summed E-state index contributed by atoms with van der Waals surface area (Å²) in [6.45, 7) is 0.246. The fraction of sp³-hybridized carbons (Fsp3) is 0.136. The van der Waals surface area contributed by atoms with Crippen LogP contribution in [0.2, 0.25) is 0 Å². The summed E-state index contributed by atoms with van der Waals surface area (Å²) >= 11 is 0. The lowest BCUT2D eigenvalue weighted by atomic mass is 10.2. The van der Waals surface area contributed by atoms with E-state index in [0.29, 0.717) is 29.1 Å². The number of aromatic nitrogens is 5. The van der Waals surface area contributed by atoms with Gasteiger partial charge in [-0.2, -0.15) is 4.98 Å². The molecule has 0 fully saturated rings. The van der Waals surface area contributed by atoms with E-state index in [0.717, 1.165) is 5.56 Å². The van der Waals surface area contributed by atoms with Gasteiger partial charge in [-0.15, -0.1) is 0 Å². The van der Waals surface area contributed by atoms with Crippen molar-refractivity contribution in [2.24, 2.45) is 0 Å². The van der Waals surface area contributed by atoms with E-state index in [9.17, 15) is 5.11 Å². The zero-order valence-corrected chi connectivity index (χ0v) is 16.4. The van der Waals surface area contributed by atoms with Crippen molar-refractivity contribution in [3.63, 3.8) is 0 Å². The molecular formula is C22H21N7O. The van der Waals surface area contributed by atoms with Gasteiger partial charge < -0.3 is 15.3 Å². The van der Waals surface area contributed by atoms with Crippen LogP contribution in [0.1, 0.15) is 11.8 Å². The van der Waals surface area contributed by atoms with E-state index in [-0.39, 0.29) is 6.54 Å². The summed E-state index contributed by atoms with van der Waals surface area (Å²) in [5.74, 6) is 2.43. The number of nitrogens with zero attached hydrogens (tertiary/aromatic N) is 6. The Balaban J connectivity index is 1.48. The SMILES string of the molecule is CN(c1ccnc(NC[C@@H](O)c2ccccn2)n1)c1ccnc(-c2ccccc2)n1. The molecule has 1 aromatic carbocycles. The Hall–Kier alpha value is -3.91. The van der Waals surface area contributed by atoms with E-state index in [1.165, 1.54) is 0 Å². The molecule has 0 bridgehead atoms. The van der Waals surface area contributed by atoms with Gasteiger partial charge >= 0.3 is 0 Å². The van der Waals surface area contributed by atoms with Crippen molar-refractivity contribution in [3.05, 3.63) is 84.9 Å². The number of nitrogens with one attached hydrogen (secondary N) is 1. The van der Waals surface area contributed by atoms with Crippen molar-refractivity contribution in [2.45, 2.75) is 6.10 Å². The predicted molar refractivity (Wildman–Crippen MR) is 115 cm³/mol. The molecule has 0 saturated carbocycles. The van der Waals surface area contributed by atoms with Gasteiger partial charge in [0.25, 0.3) is 0 Å². The van der Waals surface area contributed by atoms with Gasteiger partial charge in [-0.25, -0.2) is 15.0 Å². The third-order valence-corrected chi connectivity index (χ3v) is 4.48. The lowest BCUT2D eigenvalue weighted by Crippen LogP contribution is -2.17. The summed E-state index contributed by atoms with van der Waals surface area (Å²) in [5, 5.41) is 13.3. The highest BCUT2D eigenvalue weighted by molar-refractivity contribution is 5.61. The molecule has 30 heavy (non-hydrogen) atoms. The average molecular weight is 399 g/mol. The molecule has 0 amide bonds. The third-order valence-electron chi connectivity index (χ3n) is 4.48. The van der Waals surface area contributed by atoms with E-state index in [2.05, 4.69) is 30.2 Å². The molecule has 8 nitrogen and oxygen atoms in total. The maximum atomic E-state index is 10.3. The third kappa shape index (κ3) is 4.56. The number of anilines is 3. The highest BCUT2D eigenvalue weighted by atomic mass is 16.3. The molecule has 3 heterocycles. The fourth-order valence-corrected chi connectivity index (χ4v) is 2.87. The number of pyridine rings is 1. The Morgan fingerprint density at radius 2 is 1.57 bits per heavy atom. The predicted octanol–water partition coefficient (Wildman–Crippen LogP) is 3.24. The standard InChI is InChI=1S/C22H21N7O/c1-29(19-10-13-24-21(27-19)16-7-3-2-4-8-16)20-11-14-25-22(28-20)26-15-18(30)17-9-5-6-12-23-17/h2-14,18,30H,15H2,1H3,(H,25,26,28)/t18-/m1/s1. The first-order valence-corrected chi connectivity index (χ1v) is 9.49. The molecule has 0 aliphatic heterocycles. The Bertz CT molecular complexity index is 1090. The molecular weight excluding hydrogens is 378 g/mol. The maximum Gasteiger partial charge on any atom is 0.224 e. The van der Waals surface area contributed by atoms with Crippen LogP contribution >= 0.6 is 0 Å². The van der Waals surface area contributed by atoms with Gasteiger partial charge in [0.15, 0.2) is 5.82 Å². The van der Waals surface area contributed by atoms with Gasteiger partial charge in [-0.3, -0.25) is 4.98 Å². The largest absolute Gasteiger partial charge is 0.385 e. The summed E-state index contributed by atoms with van der Waals surface area (Å²) in [4.78, 5) is 23.8. The Labute approximate surface area is 174 Å². The molecule has 150 valence electrons. The first kappa shape index (κ1) is 19.4. The average Bonchev–Trinajstić information content (AvgIpc) is 2.83. The van der Waals surface area contributed by atoms with Crippen LogP contribution in [0, 0.1) is 0 Å². The van der Waals surface area contributed by atoms with Crippen LogP contribution in [0.3, 0.4) is 0 Å². The smallest absolute Gasteiger partial charge is 0.224 e. The lowest BCUT2D eigenvalue weighted by Gasteiger charge is -2.18. The van der Waals surface area contributed by atoms with Crippen molar-refractivity contribution in [3.8, 4) is 11.4 Å². The molecule has 8 heteroatoms. The second-order valence-electron chi connectivity index (χ2n) is 6.55. The van der Waals surface area contributed by atoms with Gasteiger partial charge in [-0.1, -0.05) is 36.4 Å². The first-order valence-electron chi connectivity index (χ1n) is 9.49. The normalized spacial score (nSPS) is 11.7. The number of benzene rings is 1. The number of aliphatic hydroxyl groups is 1. The van der Waals surface area contributed by atoms with Gasteiger partial charge in [0.1, 0.15) is 17.7 Å². The molecule has 4 aromatic rings. The quantitative estimate of drug-likeness (QED) is 0.489. The van der Waals surface area contributed by atoms with Crippen LogP contribution in [0.5, 0.6) is 0 Å². The molecule has 2 N–H and O–H groups in total. The van der Waals surface area contributed by atoms with Gasteiger partial charge in [0.2, 0.25) is 5.95 Å². The second kappa shape index (κ2) is 9.06. The van der Waals surface area contributed by atoms with Gasteiger partial charge in [0, 0.05) is 37.7 Å². The van der Waals surface area contributed by atoms with Crippen molar-refractivity contribution >= 4 is 17.6 Å². The number of aliphatic hydroxyl groups excluding tert-OH is 1. The van der Waals surface area contributed by atoms with E-state index in [1.54, 1.807) is 30.7 Å². The Kier molecular flexibility index (Phi) is 5.86. The fourth-order valence-electron chi connectivity index (χ4n) is 2.87. The van der Waals surface area contributed by atoms with Crippen molar-refractivity contribution in [1.29, 1.82) is 0 Å². The van der Waals surface area contributed by atoms with E-state index in [4.69, 9.17) is 0 Å². The second-order valence-corrected chi connectivity index (χ2v) is 6.55. The first-order chi connectivity index (χ1) is 14.7.